The highest BCUT2D eigenvalue weighted by atomic mass is 127. The number of hydrogen-bond acceptors (Lipinski definition) is 4. The largest absolute Gasteiger partial charge is 0.444 e. The van der Waals surface area contributed by atoms with Gasteiger partial charge in [0.1, 0.15) is 6.26 Å². The maximum atomic E-state index is 5.62. The van der Waals surface area contributed by atoms with E-state index in [1.54, 1.807) is 13.3 Å². The van der Waals surface area contributed by atoms with Crippen molar-refractivity contribution < 1.29 is 4.42 Å². The van der Waals surface area contributed by atoms with Gasteiger partial charge in [0.15, 0.2) is 5.96 Å². The Morgan fingerprint density at radius 1 is 1.24 bits per heavy atom. The number of nitrogens with one attached hydrogen (secondary N) is 2. The van der Waals surface area contributed by atoms with E-state index in [4.69, 9.17) is 4.42 Å². The summed E-state index contributed by atoms with van der Waals surface area (Å²) >= 11 is 0. The van der Waals surface area contributed by atoms with Gasteiger partial charge >= 0.3 is 0 Å². The highest BCUT2D eigenvalue weighted by Crippen LogP contribution is 2.19. The summed E-state index contributed by atoms with van der Waals surface area (Å²) in [5.74, 6) is 1.45. The Morgan fingerprint density at radius 3 is 2.76 bits per heavy atom. The number of aliphatic imine (C=N–C) groups is 1. The number of aryl methyl sites for hydroxylation is 1. The number of benzene rings is 1. The first-order chi connectivity index (χ1) is 13.7. The molecule has 0 amide bonds. The molecule has 7 heteroatoms. The van der Waals surface area contributed by atoms with Gasteiger partial charge < -0.3 is 20.0 Å². The van der Waals surface area contributed by atoms with Crippen molar-refractivity contribution in [2.24, 2.45) is 4.99 Å². The third-order valence-corrected chi connectivity index (χ3v) is 5.37. The van der Waals surface area contributed by atoms with Gasteiger partial charge in [-0.2, -0.15) is 0 Å². The zero-order valence-electron chi connectivity index (χ0n) is 17.8. The predicted molar refractivity (Wildman–Crippen MR) is 130 cm³/mol. The number of rotatable bonds is 7. The summed E-state index contributed by atoms with van der Waals surface area (Å²) in [7, 11) is 1.79. The molecule has 160 valence electrons. The molecule has 1 fully saturated rings. The Morgan fingerprint density at radius 2 is 2.03 bits per heavy atom. The molecule has 0 radical (unpaired) electrons. The van der Waals surface area contributed by atoms with Gasteiger partial charge in [-0.25, -0.2) is 4.98 Å². The monoisotopic (exact) mass is 511 g/mol. The second-order valence-corrected chi connectivity index (χ2v) is 7.60. The van der Waals surface area contributed by atoms with Crippen molar-refractivity contribution in [1.82, 2.24) is 20.5 Å². The first kappa shape index (κ1) is 23.7. The Kier molecular flexibility index (Phi) is 9.93. The molecule has 2 heterocycles. The highest BCUT2D eigenvalue weighted by Gasteiger charge is 2.17. The van der Waals surface area contributed by atoms with Gasteiger partial charge in [0, 0.05) is 31.7 Å². The first-order valence-electron chi connectivity index (χ1n) is 10.4. The van der Waals surface area contributed by atoms with Crippen molar-refractivity contribution in [2.75, 3.05) is 26.7 Å². The third-order valence-electron chi connectivity index (χ3n) is 5.37. The zero-order valence-corrected chi connectivity index (χ0v) is 20.1. The maximum absolute atomic E-state index is 5.62. The van der Waals surface area contributed by atoms with E-state index in [1.807, 2.05) is 12.1 Å². The normalized spacial score (nSPS) is 17.6. The Labute approximate surface area is 191 Å². The summed E-state index contributed by atoms with van der Waals surface area (Å²) in [6.45, 7) is 8.29. The molecule has 6 nitrogen and oxygen atoms in total. The smallest absolute Gasteiger partial charge is 0.226 e. The van der Waals surface area contributed by atoms with E-state index in [9.17, 15) is 0 Å². The van der Waals surface area contributed by atoms with Crippen LogP contribution in [0.25, 0.3) is 11.5 Å². The fraction of sp³-hybridized carbons (Fsp3) is 0.545. The number of oxazole rings is 1. The summed E-state index contributed by atoms with van der Waals surface area (Å²) in [4.78, 5) is 11.5. The van der Waals surface area contributed by atoms with E-state index in [1.165, 1.54) is 31.4 Å². The van der Waals surface area contributed by atoms with Crippen LogP contribution in [0.2, 0.25) is 0 Å². The van der Waals surface area contributed by atoms with Gasteiger partial charge in [-0.1, -0.05) is 24.1 Å². The molecule has 3 rings (SSSR count). The molecule has 1 aliphatic heterocycles. The lowest BCUT2D eigenvalue weighted by Gasteiger charge is -2.33. The number of nitrogens with zero attached hydrogens (tertiary/aromatic N) is 3. The van der Waals surface area contributed by atoms with Crippen LogP contribution in [-0.2, 0) is 6.54 Å². The fourth-order valence-corrected chi connectivity index (χ4v) is 3.59. The number of piperidine rings is 1. The Bertz CT molecular complexity index is 759. The van der Waals surface area contributed by atoms with Crippen molar-refractivity contribution in [1.29, 1.82) is 0 Å². The average Bonchev–Trinajstić information content (AvgIpc) is 3.18. The molecular weight excluding hydrogens is 477 g/mol. The summed E-state index contributed by atoms with van der Waals surface area (Å²) < 4.78 is 5.62. The van der Waals surface area contributed by atoms with E-state index < -0.39 is 0 Å². The number of hydrogen-bond donors (Lipinski definition) is 2. The van der Waals surface area contributed by atoms with Gasteiger partial charge in [-0.15, -0.1) is 24.0 Å². The molecule has 2 aromatic rings. The molecule has 1 aliphatic rings. The van der Waals surface area contributed by atoms with Crippen LogP contribution in [0.4, 0.5) is 0 Å². The second-order valence-electron chi connectivity index (χ2n) is 7.60. The van der Waals surface area contributed by atoms with Crippen LogP contribution in [0, 0.1) is 6.92 Å². The lowest BCUT2D eigenvalue weighted by Crippen LogP contribution is -2.41. The minimum atomic E-state index is 0. The average molecular weight is 511 g/mol. The van der Waals surface area contributed by atoms with Gasteiger partial charge in [0.05, 0.1) is 12.2 Å². The van der Waals surface area contributed by atoms with Gasteiger partial charge in [0.2, 0.25) is 5.89 Å². The van der Waals surface area contributed by atoms with Crippen LogP contribution in [0.3, 0.4) is 0 Å². The minimum absolute atomic E-state index is 0. The first-order valence-corrected chi connectivity index (χ1v) is 10.4. The molecule has 0 bridgehead atoms. The molecule has 1 aromatic heterocycles. The van der Waals surface area contributed by atoms with E-state index in [2.05, 4.69) is 51.5 Å². The summed E-state index contributed by atoms with van der Waals surface area (Å²) in [5.41, 5.74) is 3.08. The predicted octanol–water partition coefficient (Wildman–Crippen LogP) is 4.20. The van der Waals surface area contributed by atoms with Crippen LogP contribution in [-0.4, -0.2) is 48.6 Å². The van der Waals surface area contributed by atoms with Crippen molar-refractivity contribution in [3.8, 4) is 11.5 Å². The number of halogens is 1. The minimum Gasteiger partial charge on any atom is -0.444 e. The van der Waals surface area contributed by atoms with Crippen molar-refractivity contribution in [2.45, 2.75) is 52.1 Å². The van der Waals surface area contributed by atoms with Gasteiger partial charge in [0.25, 0.3) is 0 Å². The van der Waals surface area contributed by atoms with Crippen molar-refractivity contribution >= 4 is 29.9 Å². The molecular formula is C22H34IN5O. The Balaban J connectivity index is 0.00000300. The Hall–Kier alpha value is -1.61. The number of likely N-dealkylation sites (tertiary alicyclic amines) is 1. The van der Waals surface area contributed by atoms with Crippen LogP contribution < -0.4 is 10.6 Å². The van der Waals surface area contributed by atoms with Crippen LogP contribution in [0.5, 0.6) is 0 Å². The zero-order chi connectivity index (χ0) is 19.8. The molecule has 1 aromatic carbocycles. The molecule has 1 atom stereocenters. The highest BCUT2D eigenvalue weighted by molar-refractivity contribution is 14.0. The molecule has 2 N–H and O–H groups in total. The molecule has 29 heavy (non-hydrogen) atoms. The SMILES string of the molecule is CN=C(NCCCN1CCCCC1C)NCc1coc(-c2ccc(C)cc2)n1.I. The topological polar surface area (TPSA) is 65.7 Å². The number of guanidine groups is 1. The second kappa shape index (κ2) is 12.2. The van der Waals surface area contributed by atoms with Crippen LogP contribution in [0.1, 0.15) is 43.9 Å². The quantitative estimate of drug-likeness (QED) is 0.253. The maximum Gasteiger partial charge on any atom is 0.226 e. The summed E-state index contributed by atoms with van der Waals surface area (Å²) in [6, 6.07) is 8.91. The van der Waals surface area contributed by atoms with E-state index >= 15 is 0 Å². The van der Waals surface area contributed by atoms with Gasteiger partial charge in [-0.3, -0.25) is 4.99 Å². The fourth-order valence-electron chi connectivity index (χ4n) is 3.59. The lowest BCUT2D eigenvalue weighted by molar-refractivity contribution is 0.159. The van der Waals surface area contributed by atoms with E-state index in [0.29, 0.717) is 12.4 Å². The molecule has 0 aliphatic carbocycles. The molecule has 0 spiro atoms. The summed E-state index contributed by atoms with van der Waals surface area (Å²) in [6.07, 6.45) is 6.86. The summed E-state index contributed by atoms with van der Waals surface area (Å²) in [5, 5.41) is 6.70. The third kappa shape index (κ3) is 7.29. The molecule has 0 saturated carbocycles. The van der Waals surface area contributed by atoms with E-state index in [0.717, 1.165) is 42.8 Å². The van der Waals surface area contributed by atoms with Crippen molar-refractivity contribution in [3.63, 3.8) is 0 Å². The number of aromatic nitrogens is 1. The van der Waals surface area contributed by atoms with Crippen LogP contribution >= 0.6 is 24.0 Å². The molecule has 1 saturated heterocycles. The van der Waals surface area contributed by atoms with E-state index in [-0.39, 0.29) is 24.0 Å². The van der Waals surface area contributed by atoms with Crippen LogP contribution in [0.15, 0.2) is 39.9 Å². The van der Waals surface area contributed by atoms with Gasteiger partial charge in [-0.05, 0) is 51.8 Å². The molecule has 1 unspecified atom stereocenters. The standard InChI is InChI=1S/C22H33N5O.HI/c1-17-8-10-19(11-9-17)21-26-20(16-28-21)15-25-22(23-3)24-12-6-14-27-13-5-4-7-18(27)2;/h8-11,16,18H,4-7,12-15H2,1-3H3,(H2,23,24,25);1H. The van der Waals surface area contributed by atoms with Crippen molar-refractivity contribution in [3.05, 3.63) is 41.8 Å². The lowest BCUT2D eigenvalue weighted by atomic mass is 10.0.